The summed E-state index contributed by atoms with van der Waals surface area (Å²) in [7, 11) is 0. The van der Waals surface area contributed by atoms with Crippen LogP contribution in [-0.4, -0.2) is 21.5 Å². The van der Waals surface area contributed by atoms with E-state index in [1.807, 2.05) is 31.2 Å². The topological polar surface area (TPSA) is 47.0 Å². The number of ether oxygens (including phenoxy) is 1. The fourth-order valence-electron chi connectivity index (χ4n) is 1.60. The SMILES string of the molecule is CCOc1cccc(-c2nsc(NC(C)(C)C)n2)c1. The lowest BCUT2D eigenvalue weighted by Gasteiger charge is -2.18. The van der Waals surface area contributed by atoms with E-state index in [0.717, 1.165) is 22.3 Å². The standard InChI is InChI=1S/C14H19N3OS/c1-5-18-11-8-6-7-10(9-11)12-15-13(19-17-12)16-14(2,3)4/h6-9H,5H2,1-4H3,(H,15,16,17). The lowest BCUT2D eigenvalue weighted by Crippen LogP contribution is -2.25. The summed E-state index contributed by atoms with van der Waals surface area (Å²) in [5.74, 6) is 1.58. The molecule has 1 heterocycles. The molecule has 0 bridgehead atoms. The van der Waals surface area contributed by atoms with Crippen molar-refractivity contribution in [3.8, 4) is 17.1 Å². The Labute approximate surface area is 118 Å². The quantitative estimate of drug-likeness (QED) is 0.923. The van der Waals surface area contributed by atoms with Gasteiger partial charge in [0.15, 0.2) is 5.82 Å². The molecule has 0 spiro atoms. The van der Waals surface area contributed by atoms with Gasteiger partial charge in [0.2, 0.25) is 5.13 Å². The van der Waals surface area contributed by atoms with Crippen molar-refractivity contribution in [2.45, 2.75) is 33.2 Å². The molecule has 0 radical (unpaired) electrons. The molecule has 0 fully saturated rings. The monoisotopic (exact) mass is 277 g/mol. The molecule has 1 aromatic carbocycles. The minimum Gasteiger partial charge on any atom is -0.494 e. The minimum atomic E-state index is -0.00995. The van der Waals surface area contributed by atoms with E-state index in [9.17, 15) is 0 Å². The van der Waals surface area contributed by atoms with Crippen molar-refractivity contribution in [3.63, 3.8) is 0 Å². The van der Waals surface area contributed by atoms with Crippen LogP contribution >= 0.6 is 11.5 Å². The average molecular weight is 277 g/mol. The average Bonchev–Trinajstić information content (AvgIpc) is 2.76. The van der Waals surface area contributed by atoms with Gasteiger partial charge in [0.05, 0.1) is 6.61 Å². The van der Waals surface area contributed by atoms with Gasteiger partial charge in [-0.15, -0.1) is 0 Å². The van der Waals surface area contributed by atoms with Crippen molar-refractivity contribution in [2.75, 3.05) is 11.9 Å². The van der Waals surface area contributed by atoms with E-state index in [2.05, 4.69) is 35.4 Å². The molecule has 102 valence electrons. The summed E-state index contributed by atoms with van der Waals surface area (Å²) in [5.41, 5.74) is 0.966. The molecule has 0 saturated carbocycles. The number of nitrogens with one attached hydrogen (secondary N) is 1. The first-order chi connectivity index (χ1) is 8.98. The molecule has 0 aliphatic heterocycles. The summed E-state index contributed by atoms with van der Waals surface area (Å²) in [5, 5.41) is 4.16. The second kappa shape index (κ2) is 5.57. The fourth-order valence-corrected chi connectivity index (χ4v) is 2.40. The van der Waals surface area contributed by atoms with Crippen molar-refractivity contribution in [1.29, 1.82) is 0 Å². The number of aromatic nitrogens is 2. The third-order valence-corrected chi connectivity index (χ3v) is 2.94. The summed E-state index contributed by atoms with van der Waals surface area (Å²) >= 11 is 1.38. The summed E-state index contributed by atoms with van der Waals surface area (Å²) in [6, 6.07) is 7.85. The zero-order valence-electron chi connectivity index (χ0n) is 11.7. The highest BCUT2D eigenvalue weighted by atomic mass is 32.1. The van der Waals surface area contributed by atoms with Gasteiger partial charge in [0.1, 0.15) is 5.75 Å². The Kier molecular flexibility index (Phi) is 4.04. The van der Waals surface area contributed by atoms with Gasteiger partial charge in [0, 0.05) is 22.6 Å². The molecule has 0 amide bonds. The van der Waals surface area contributed by atoms with Crippen LogP contribution < -0.4 is 10.1 Å². The number of hydrogen-bond acceptors (Lipinski definition) is 5. The van der Waals surface area contributed by atoms with E-state index in [0.29, 0.717) is 6.61 Å². The van der Waals surface area contributed by atoms with E-state index in [4.69, 9.17) is 4.74 Å². The lowest BCUT2D eigenvalue weighted by atomic mass is 10.1. The first-order valence-corrected chi connectivity index (χ1v) is 7.10. The van der Waals surface area contributed by atoms with Gasteiger partial charge in [-0.25, -0.2) is 0 Å². The number of anilines is 1. The fraction of sp³-hybridized carbons (Fsp3) is 0.429. The molecule has 19 heavy (non-hydrogen) atoms. The predicted molar refractivity (Wildman–Crippen MR) is 79.9 cm³/mol. The third kappa shape index (κ3) is 3.92. The molecule has 4 nitrogen and oxygen atoms in total. The molecule has 2 aromatic rings. The van der Waals surface area contributed by atoms with E-state index in [-0.39, 0.29) is 5.54 Å². The van der Waals surface area contributed by atoms with Gasteiger partial charge in [-0.3, -0.25) is 0 Å². The second-order valence-corrected chi connectivity index (χ2v) is 6.01. The highest BCUT2D eigenvalue weighted by Gasteiger charge is 2.13. The van der Waals surface area contributed by atoms with Crippen LogP contribution in [0.15, 0.2) is 24.3 Å². The molecule has 0 aliphatic rings. The first kappa shape index (κ1) is 13.8. The minimum absolute atomic E-state index is 0.00995. The molecule has 0 atom stereocenters. The summed E-state index contributed by atoms with van der Waals surface area (Å²) in [6.45, 7) is 8.93. The van der Waals surface area contributed by atoms with Crippen molar-refractivity contribution in [1.82, 2.24) is 9.36 Å². The van der Waals surface area contributed by atoms with Crippen molar-refractivity contribution in [2.24, 2.45) is 0 Å². The second-order valence-electron chi connectivity index (χ2n) is 5.26. The molecule has 0 aliphatic carbocycles. The van der Waals surface area contributed by atoms with Crippen LogP contribution in [-0.2, 0) is 0 Å². The third-order valence-electron chi connectivity index (χ3n) is 2.31. The highest BCUT2D eigenvalue weighted by Crippen LogP contribution is 2.25. The van der Waals surface area contributed by atoms with E-state index in [1.165, 1.54) is 11.5 Å². The van der Waals surface area contributed by atoms with Gasteiger partial charge in [-0.05, 0) is 39.8 Å². The molecule has 1 aromatic heterocycles. The largest absolute Gasteiger partial charge is 0.494 e. The Balaban J connectivity index is 2.20. The number of benzene rings is 1. The summed E-state index contributed by atoms with van der Waals surface area (Å²) in [6.07, 6.45) is 0. The van der Waals surface area contributed by atoms with Crippen LogP contribution in [0.5, 0.6) is 5.75 Å². The van der Waals surface area contributed by atoms with Crippen LogP contribution in [0.3, 0.4) is 0 Å². The Hall–Kier alpha value is -1.62. The van der Waals surface area contributed by atoms with Gasteiger partial charge < -0.3 is 10.1 Å². The van der Waals surface area contributed by atoms with Gasteiger partial charge in [-0.2, -0.15) is 9.36 Å². The van der Waals surface area contributed by atoms with Crippen LogP contribution in [0, 0.1) is 0 Å². The normalized spacial score (nSPS) is 11.4. The maximum atomic E-state index is 5.49. The maximum absolute atomic E-state index is 5.49. The number of nitrogens with zero attached hydrogens (tertiary/aromatic N) is 2. The summed E-state index contributed by atoms with van der Waals surface area (Å²) in [4.78, 5) is 4.51. The van der Waals surface area contributed by atoms with E-state index < -0.39 is 0 Å². The molecule has 0 unspecified atom stereocenters. The van der Waals surface area contributed by atoms with Crippen LogP contribution in [0.4, 0.5) is 5.13 Å². The molecular weight excluding hydrogens is 258 g/mol. The number of rotatable bonds is 4. The highest BCUT2D eigenvalue weighted by molar-refractivity contribution is 7.09. The zero-order chi connectivity index (χ0) is 13.9. The van der Waals surface area contributed by atoms with Crippen LogP contribution in [0.2, 0.25) is 0 Å². The van der Waals surface area contributed by atoms with Crippen molar-refractivity contribution >= 4 is 16.7 Å². The first-order valence-electron chi connectivity index (χ1n) is 6.33. The van der Waals surface area contributed by atoms with Crippen molar-refractivity contribution in [3.05, 3.63) is 24.3 Å². The molecule has 1 N–H and O–H groups in total. The molecule has 5 heteroatoms. The van der Waals surface area contributed by atoms with E-state index >= 15 is 0 Å². The molecule has 0 saturated heterocycles. The van der Waals surface area contributed by atoms with Crippen LogP contribution in [0.1, 0.15) is 27.7 Å². The smallest absolute Gasteiger partial charge is 0.203 e. The predicted octanol–water partition coefficient (Wildman–Crippen LogP) is 3.81. The molecular formula is C14H19N3OS. The van der Waals surface area contributed by atoms with Gasteiger partial charge in [-0.1, -0.05) is 12.1 Å². The summed E-state index contributed by atoms with van der Waals surface area (Å²) < 4.78 is 9.87. The Bertz CT molecular complexity index is 546. The van der Waals surface area contributed by atoms with Gasteiger partial charge in [0.25, 0.3) is 0 Å². The van der Waals surface area contributed by atoms with E-state index in [1.54, 1.807) is 0 Å². The Morgan fingerprint density at radius 3 is 2.79 bits per heavy atom. The maximum Gasteiger partial charge on any atom is 0.203 e. The van der Waals surface area contributed by atoms with Crippen LogP contribution in [0.25, 0.3) is 11.4 Å². The Morgan fingerprint density at radius 1 is 1.32 bits per heavy atom. The number of hydrogen-bond donors (Lipinski definition) is 1. The lowest BCUT2D eigenvalue weighted by molar-refractivity contribution is 0.340. The zero-order valence-corrected chi connectivity index (χ0v) is 12.5. The van der Waals surface area contributed by atoms with Gasteiger partial charge >= 0.3 is 0 Å². The Morgan fingerprint density at radius 2 is 2.11 bits per heavy atom. The van der Waals surface area contributed by atoms with Crippen molar-refractivity contribution < 1.29 is 4.74 Å². The molecule has 2 rings (SSSR count).